The summed E-state index contributed by atoms with van der Waals surface area (Å²) in [4.78, 5) is 40.1. The molecule has 5 aromatic rings. The van der Waals surface area contributed by atoms with Crippen LogP contribution in [0.4, 0.5) is 8.78 Å². The molecular weight excluding hydrogens is 404 g/mol. The number of aromatic amines is 2. The van der Waals surface area contributed by atoms with Gasteiger partial charge in [0.15, 0.2) is 5.65 Å². The van der Waals surface area contributed by atoms with Crippen LogP contribution in [-0.4, -0.2) is 30.3 Å². The van der Waals surface area contributed by atoms with E-state index in [-0.39, 0.29) is 23.0 Å². The molecule has 0 aliphatic rings. The van der Waals surface area contributed by atoms with Gasteiger partial charge in [-0.3, -0.25) is 9.59 Å². The van der Waals surface area contributed by atoms with E-state index in [9.17, 15) is 18.4 Å². The van der Waals surface area contributed by atoms with E-state index in [1.54, 1.807) is 18.3 Å². The number of hydrogen-bond acceptors (Lipinski definition) is 4. The number of pyridine rings is 2. The van der Waals surface area contributed by atoms with Gasteiger partial charge in [-0.25, -0.2) is 18.7 Å². The number of carbonyl (C=O) groups excluding carboxylic acids is 1. The number of H-pyrrole nitrogens is 2. The third-order valence-electron chi connectivity index (χ3n) is 5.10. The molecule has 0 radical (unpaired) electrons. The maximum absolute atomic E-state index is 14.3. The van der Waals surface area contributed by atoms with E-state index < -0.39 is 28.5 Å². The Morgan fingerprint density at radius 2 is 1.97 bits per heavy atom. The quantitative estimate of drug-likeness (QED) is 0.436. The van der Waals surface area contributed by atoms with E-state index >= 15 is 0 Å². The summed E-state index contributed by atoms with van der Waals surface area (Å²) in [5.74, 6) is -2.17. The topological polar surface area (TPSA) is 96.4 Å². The van der Waals surface area contributed by atoms with E-state index in [0.717, 1.165) is 17.6 Å². The highest BCUT2D eigenvalue weighted by molar-refractivity contribution is 6.16. The van der Waals surface area contributed by atoms with E-state index in [1.807, 2.05) is 6.07 Å². The highest BCUT2D eigenvalue weighted by Gasteiger charge is 2.23. The average molecular weight is 419 g/mol. The first-order valence-electron chi connectivity index (χ1n) is 9.43. The van der Waals surface area contributed by atoms with Gasteiger partial charge >= 0.3 is 0 Å². The number of nitrogens with zero attached hydrogens (tertiary/aromatic N) is 3. The molecule has 0 aliphatic heterocycles. The zero-order valence-corrected chi connectivity index (χ0v) is 16.2. The molecule has 0 saturated heterocycles. The van der Waals surface area contributed by atoms with Crippen LogP contribution < -0.4 is 5.56 Å². The Morgan fingerprint density at radius 1 is 1.19 bits per heavy atom. The van der Waals surface area contributed by atoms with Crippen molar-refractivity contribution in [2.45, 2.75) is 13.5 Å². The summed E-state index contributed by atoms with van der Waals surface area (Å²) in [6, 6.07) is 7.36. The SMILES string of the molecule is Cc1cc(F)c(C(=O)c2c[nH]c3c(=O)n(Cc4nc5ncccc5[nH]4)ccc23)c(F)c1. The zero-order chi connectivity index (χ0) is 21.7. The molecule has 0 spiro atoms. The molecule has 2 N–H and O–H groups in total. The van der Waals surface area contributed by atoms with Crippen LogP contribution in [-0.2, 0) is 6.54 Å². The number of rotatable bonds is 4. The molecule has 0 atom stereocenters. The van der Waals surface area contributed by atoms with E-state index in [4.69, 9.17) is 0 Å². The number of hydrogen-bond donors (Lipinski definition) is 2. The molecule has 4 heterocycles. The van der Waals surface area contributed by atoms with Crippen molar-refractivity contribution in [2.24, 2.45) is 0 Å². The van der Waals surface area contributed by atoms with Gasteiger partial charge in [0.2, 0.25) is 5.78 Å². The summed E-state index contributed by atoms with van der Waals surface area (Å²) in [7, 11) is 0. The minimum absolute atomic E-state index is 0.0221. The Kier molecular flexibility index (Phi) is 4.25. The fourth-order valence-corrected chi connectivity index (χ4v) is 3.66. The highest BCUT2D eigenvalue weighted by atomic mass is 19.1. The Balaban J connectivity index is 1.54. The number of ketones is 1. The molecule has 4 aromatic heterocycles. The van der Waals surface area contributed by atoms with Crippen LogP contribution in [0.2, 0.25) is 0 Å². The maximum atomic E-state index is 14.3. The second-order valence-corrected chi connectivity index (χ2v) is 7.23. The first-order valence-corrected chi connectivity index (χ1v) is 9.43. The molecule has 0 amide bonds. The van der Waals surface area contributed by atoms with Crippen LogP contribution in [0.15, 0.2) is 53.7 Å². The number of imidazole rings is 1. The van der Waals surface area contributed by atoms with Crippen molar-refractivity contribution in [2.75, 3.05) is 0 Å². The number of aromatic nitrogens is 5. The van der Waals surface area contributed by atoms with Gasteiger partial charge in [-0.2, -0.15) is 0 Å². The van der Waals surface area contributed by atoms with Crippen molar-refractivity contribution < 1.29 is 13.6 Å². The lowest BCUT2D eigenvalue weighted by Gasteiger charge is -2.06. The van der Waals surface area contributed by atoms with Crippen LogP contribution in [0, 0.1) is 18.6 Å². The number of benzene rings is 1. The number of fused-ring (bicyclic) bond motifs is 2. The molecule has 5 rings (SSSR count). The van der Waals surface area contributed by atoms with Crippen LogP contribution in [0.3, 0.4) is 0 Å². The standard InChI is InChI=1S/C22H15F2N5O2/c1-11-7-14(23)18(15(24)8-11)20(30)13-9-26-19-12(13)4-6-29(22(19)31)10-17-27-16-3-2-5-25-21(16)28-17/h2-9,26H,10H2,1H3,(H,25,27,28). The zero-order valence-electron chi connectivity index (χ0n) is 16.2. The molecule has 1 aromatic carbocycles. The minimum Gasteiger partial charge on any atom is -0.356 e. The number of nitrogens with one attached hydrogen (secondary N) is 2. The summed E-state index contributed by atoms with van der Waals surface area (Å²) in [6.07, 6.45) is 4.43. The van der Waals surface area contributed by atoms with Gasteiger partial charge < -0.3 is 14.5 Å². The second kappa shape index (κ2) is 6.98. The molecule has 0 bridgehead atoms. The summed E-state index contributed by atoms with van der Waals surface area (Å²) in [6.45, 7) is 1.70. The molecule has 0 aliphatic carbocycles. The number of halogens is 2. The predicted octanol–water partition coefficient (Wildman–Crippen LogP) is 3.47. The maximum Gasteiger partial charge on any atom is 0.275 e. The Morgan fingerprint density at radius 3 is 2.71 bits per heavy atom. The van der Waals surface area contributed by atoms with Gasteiger partial charge in [0, 0.05) is 29.5 Å². The molecule has 9 heteroatoms. The first kappa shape index (κ1) is 18.9. The normalized spacial score (nSPS) is 11.5. The van der Waals surface area contributed by atoms with Crippen LogP contribution in [0.1, 0.15) is 27.3 Å². The Labute approximate surface area is 173 Å². The molecule has 31 heavy (non-hydrogen) atoms. The van der Waals surface area contributed by atoms with Gasteiger partial charge in [-0.1, -0.05) is 0 Å². The average Bonchev–Trinajstić information content (AvgIpc) is 3.33. The van der Waals surface area contributed by atoms with Crippen molar-refractivity contribution in [1.29, 1.82) is 0 Å². The fourth-order valence-electron chi connectivity index (χ4n) is 3.66. The Bertz CT molecular complexity index is 1490. The third-order valence-corrected chi connectivity index (χ3v) is 5.10. The van der Waals surface area contributed by atoms with E-state index in [2.05, 4.69) is 19.9 Å². The molecule has 0 unspecified atom stereocenters. The summed E-state index contributed by atoms with van der Waals surface area (Å²) in [5.41, 5.74) is 0.805. The van der Waals surface area contributed by atoms with Gasteiger partial charge in [0.05, 0.1) is 17.6 Å². The van der Waals surface area contributed by atoms with Crippen molar-refractivity contribution >= 4 is 27.9 Å². The molecule has 0 saturated carbocycles. The Hall–Kier alpha value is -4.14. The minimum atomic E-state index is -0.941. The number of carbonyl (C=O) groups is 1. The highest BCUT2D eigenvalue weighted by Crippen LogP contribution is 2.23. The van der Waals surface area contributed by atoms with Crippen molar-refractivity contribution in [3.05, 3.63) is 93.4 Å². The van der Waals surface area contributed by atoms with Gasteiger partial charge in [-0.05, 0) is 42.8 Å². The van der Waals surface area contributed by atoms with Crippen LogP contribution in [0.25, 0.3) is 22.1 Å². The smallest absolute Gasteiger partial charge is 0.275 e. The summed E-state index contributed by atoms with van der Waals surface area (Å²) < 4.78 is 30.0. The summed E-state index contributed by atoms with van der Waals surface area (Å²) in [5, 5.41) is 0.289. The lowest BCUT2D eigenvalue weighted by atomic mass is 10.0. The molecule has 0 fully saturated rings. The second-order valence-electron chi connectivity index (χ2n) is 7.23. The molecule has 154 valence electrons. The van der Waals surface area contributed by atoms with Gasteiger partial charge in [0.1, 0.15) is 23.0 Å². The lowest BCUT2D eigenvalue weighted by Crippen LogP contribution is -2.20. The van der Waals surface area contributed by atoms with E-state index in [1.165, 1.54) is 23.9 Å². The van der Waals surface area contributed by atoms with E-state index in [0.29, 0.717) is 17.0 Å². The first-order chi connectivity index (χ1) is 14.9. The number of aryl methyl sites for hydroxylation is 1. The van der Waals surface area contributed by atoms with Crippen LogP contribution in [0.5, 0.6) is 0 Å². The van der Waals surface area contributed by atoms with Crippen molar-refractivity contribution in [3.63, 3.8) is 0 Å². The largest absolute Gasteiger partial charge is 0.356 e. The fraction of sp³-hybridized carbons (Fsp3) is 0.0909. The predicted molar refractivity (Wildman–Crippen MR) is 110 cm³/mol. The van der Waals surface area contributed by atoms with Gasteiger partial charge in [0.25, 0.3) is 5.56 Å². The monoisotopic (exact) mass is 419 g/mol. The molecule has 7 nitrogen and oxygen atoms in total. The van der Waals surface area contributed by atoms with Gasteiger partial charge in [-0.15, -0.1) is 0 Å². The third kappa shape index (κ3) is 3.10. The molecular formula is C22H15F2N5O2. The van der Waals surface area contributed by atoms with Crippen LogP contribution >= 0.6 is 0 Å². The lowest BCUT2D eigenvalue weighted by molar-refractivity contribution is 0.103. The summed E-state index contributed by atoms with van der Waals surface area (Å²) >= 11 is 0. The van der Waals surface area contributed by atoms with Crippen molar-refractivity contribution in [1.82, 2.24) is 24.5 Å². The van der Waals surface area contributed by atoms with Crippen molar-refractivity contribution in [3.8, 4) is 0 Å².